The van der Waals surface area contributed by atoms with Gasteiger partial charge in [0.15, 0.2) is 0 Å². The lowest BCUT2D eigenvalue weighted by molar-refractivity contribution is 0.0730. The van der Waals surface area contributed by atoms with Gasteiger partial charge in [-0.25, -0.2) is 8.42 Å². The molecule has 5 nitrogen and oxygen atoms in total. The SMILES string of the molecule is C[C@H](Cc1ccc(Cl)cc1)NCCS(=O)(=O)N1CCOCC1. The van der Waals surface area contributed by atoms with Gasteiger partial charge in [-0.15, -0.1) is 0 Å². The normalized spacial score (nSPS) is 18.3. The molecule has 0 spiro atoms. The highest BCUT2D eigenvalue weighted by atomic mass is 35.5. The van der Waals surface area contributed by atoms with Gasteiger partial charge in [0.2, 0.25) is 10.0 Å². The average molecular weight is 347 g/mol. The lowest BCUT2D eigenvalue weighted by Crippen LogP contribution is -2.44. The van der Waals surface area contributed by atoms with Crippen LogP contribution in [0, 0.1) is 0 Å². The smallest absolute Gasteiger partial charge is 0.215 e. The molecule has 1 saturated heterocycles. The summed E-state index contributed by atoms with van der Waals surface area (Å²) in [6.45, 7) is 4.40. The van der Waals surface area contributed by atoms with E-state index < -0.39 is 10.0 Å². The monoisotopic (exact) mass is 346 g/mol. The number of hydrogen-bond donors (Lipinski definition) is 1. The van der Waals surface area contributed by atoms with Crippen LogP contribution in [0.15, 0.2) is 24.3 Å². The molecule has 7 heteroatoms. The van der Waals surface area contributed by atoms with E-state index in [4.69, 9.17) is 16.3 Å². The van der Waals surface area contributed by atoms with E-state index in [1.165, 1.54) is 9.87 Å². The summed E-state index contributed by atoms with van der Waals surface area (Å²) in [6, 6.07) is 7.93. The first-order valence-corrected chi connectivity index (χ1v) is 9.49. The second kappa shape index (κ2) is 8.26. The zero-order valence-electron chi connectivity index (χ0n) is 12.8. The Kier molecular flexibility index (Phi) is 6.65. The molecule has 0 aliphatic carbocycles. The van der Waals surface area contributed by atoms with Crippen LogP contribution in [0.3, 0.4) is 0 Å². The molecular weight excluding hydrogens is 324 g/mol. The number of ether oxygens (including phenoxy) is 1. The Labute approximate surface area is 137 Å². The number of sulfonamides is 1. The highest BCUT2D eigenvalue weighted by Gasteiger charge is 2.23. The summed E-state index contributed by atoms with van der Waals surface area (Å²) in [5.41, 5.74) is 1.18. The molecule has 0 radical (unpaired) electrons. The molecule has 124 valence electrons. The highest BCUT2D eigenvalue weighted by molar-refractivity contribution is 7.89. The zero-order valence-corrected chi connectivity index (χ0v) is 14.4. The maximum atomic E-state index is 12.2. The Hall–Kier alpha value is -0.660. The molecule has 1 aromatic carbocycles. The van der Waals surface area contributed by atoms with E-state index in [1.807, 2.05) is 24.3 Å². The first kappa shape index (κ1) is 17.7. The maximum absolute atomic E-state index is 12.2. The second-order valence-electron chi connectivity index (χ2n) is 5.51. The topological polar surface area (TPSA) is 58.6 Å². The number of hydrogen-bond acceptors (Lipinski definition) is 4. The van der Waals surface area contributed by atoms with E-state index in [-0.39, 0.29) is 11.8 Å². The minimum atomic E-state index is -3.18. The Balaban J connectivity index is 1.74. The Morgan fingerprint density at radius 3 is 2.55 bits per heavy atom. The van der Waals surface area contributed by atoms with Gasteiger partial charge in [0.1, 0.15) is 0 Å². The summed E-state index contributed by atoms with van der Waals surface area (Å²) < 4.78 is 31.1. The van der Waals surface area contributed by atoms with Crippen LogP contribution in [0.1, 0.15) is 12.5 Å². The third kappa shape index (κ3) is 5.52. The van der Waals surface area contributed by atoms with Crippen molar-refractivity contribution in [1.82, 2.24) is 9.62 Å². The van der Waals surface area contributed by atoms with Crippen LogP contribution in [0.2, 0.25) is 5.02 Å². The van der Waals surface area contributed by atoms with Crippen LogP contribution in [0.4, 0.5) is 0 Å². The third-order valence-corrected chi connectivity index (χ3v) is 5.80. The van der Waals surface area contributed by atoms with Crippen molar-refractivity contribution < 1.29 is 13.2 Å². The van der Waals surface area contributed by atoms with Crippen molar-refractivity contribution in [3.8, 4) is 0 Å². The number of benzene rings is 1. The number of rotatable bonds is 7. The largest absolute Gasteiger partial charge is 0.379 e. The molecule has 22 heavy (non-hydrogen) atoms. The van der Waals surface area contributed by atoms with Gasteiger partial charge in [0.05, 0.1) is 19.0 Å². The van der Waals surface area contributed by atoms with Gasteiger partial charge in [0.25, 0.3) is 0 Å². The van der Waals surface area contributed by atoms with Crippen LogP contribution in [0.5, 0.6) is 0 Å². The molecule has 1 aliphatic rings. The molecule has 1 N–H and O–H groups in total. The van der Waals surface area contributed by atoms with E-state index in [0.717, 1.165) is 11.4 Å². The lowest BCUT2D eigenvalue weighted by Gasteiger charge is -2.26. The van der Waals surface area contributed by atoms with E-state index in [2.05, 4.69) is 12.2 Å². The second-order valence-corrected chi connectivity index (χ2v) is 8.04. The van der Waals surface area contributed by atoms with Crippen molar-refractivity contribution in [3.63, 3.8) is 0 Å². The molecule has 2 rings (SSSR count). The van der Waals surface area contributed by atoms with E-state index >= 15 is 0 Å². The molecule has 1 aliphatic heterocycles. The lowest BCUT2D eigenvalue weighted by atomic mass is 10.1. The fourth-order valence-corrected chi connectivity index (χ4v) is 3.90. The Morgan fingerprint density at radius 1 is 1.27 bits per heavy atom. The van der Waals surface area contributed by atoms with Gasteiger partial charge in [-0.3, -0.25) is 0 Å². The summed E-state index contributed by atoms with van der Waals surface area (Å²) >= 11 is 5.86. The fraction of sp³-hybridized carbons (Fsp3) is 0.600. The van der Waals surface area contributed by atoms with Crippen LogP contribution >= 0.6 is 11.6 Å². The molecule has 1 aromatic rings. The Bertz CT molecular complexity index is 557. The molecule has 1 fully saturated rings. The molecule has 0 amide bonds. The van der Waals surface area contributed by atoms with E-state index in [0.29, 0.717) is 32.8 Å². The predicted molar refractivity (Wildman–Crippen MR) is 88.8 cm³/mol. The van der Waals surface area contributed by atoms with Gasteiger partial charge >= 0.3 is 0 Å². The summed E-state index contributed by atoms with van der Waals surface area (Å²) in [5.74, 6) is 0.123. The van der Waals surface area contributed by atoms with Gasteiger partial charge < -0.3 is 10.1 Å². The number of morpholine rings is 1. The van der Waals surface area contributed by atoms with Crippen LogP contribution in [0.25, 0.3) is 0 Å². The zero-order chi connectivity index (χ0) is 16.0. The Morgan fingerprint density at radius 2 is 1.91 bits per heavy atom. The van der Waals surface area contributed by atoms with Crippen LogP contribution in [-0.2, 0) is 21.2 Å². The maximum Gasteiger partial charge on any atom is 0.215 e. The van der Waals surface area contributed by atoms with Crippen molar-refractivity contribution in [3.05, 3.63) is 34.9 Å². The number of nitrogens with one attached hydrogen (secondary N) is 1. The first-order valence-electron chi connectivity index (χ1n) is 7.51. The van der Waals surface area contributed by atoms with Crippen molar-refractivity contribution >= 4 is 21.6 Å². The average Bonchev–Trinajstić information content (AvgIpc) is 2.50. The number of nitrogens with zero attached hydrogens (tertiary/aromatic N) is 1. The summed E-state index contributed by atoms with van der Waals surface area (Å²) in [5, 5.41) is 3.99. The predicted octanol–water partition coefficient (Wildman–Crippen LogP) is 1.52. The quantitative estimate of drug-likeness (QED) is 0.813. The summed E-state index contributed by atoms with van der Waals surface area (Å²) in [7, 11) is -3.18. The van der Waals surface area contributed by atoms with Gasteiger partial charge in [-0.05, 0) is 31.0 Å². The van der Waals surface area contributed by atoms with Crippen LogP contribution in [-0.4, -0.2) is 57.4 Å². The molecular formula is C15H23ClN2O3S. The highest BCUT2D eigenvalue weighted by Crippen LogP contribution is 2.11. The van der Waals surface area contributed by atoms with E-state index in [1.54, 1.807) is 0 Å². The minimum absolute atomic E-state index is 0.123. The van der Waals surface area contributed by atoms with Gasteiger partial charge in [0, 0.05) is 30.7 Å². The molecule has 0 saturated carbocycles. The summed E-state index contributed by atoms with van der Waals surface area (Å²) in [6.07, 6.45) is 0.842. The fourth-order valence-electron chi connectivity index (χ4n) is 2.43. The minimum Gasteiger partial charge on any atom is -0.379 e. The van der Waals surface area contributed by atoms with Crippen molar-refractivity contribution in [2.24, 2.45) is 0 Å². The molecule has 0 aromatic heterocycles. The van der Waals surface area contributed by atoms with Crippen molar-refractivity contribution in [2.75, 3.05) is 38.6 Å². The molecule has 1 atom stereocenters. The molecule has 0 unspecified atom stereocenters. The van der Waals surface area contributed by atoms with Crippen molar-refractivity contribution in [1.29, 1.82) is 0 Å². The summed E-state index contributed by atoms with van der Waals surface area (Å²) in [4.78, 5) is 0. The van der Waals surface area contributed by atoms with Gasteiger partial charge in [-0.2, -0.15) is 4.31 Å². The molecule has 1 heterocycles. The standard InChI is InChI=1S/C15H23ClN2O3S/c1-13(12-14-2-4-15(16)5-3-14)17-6-11-22(19,20)18-7-9-21-10-8-18/h2-5,13,17H,6-12H2,1H3/t13-/m1/s1. The first-order chi connectivity index (χ1) is 10.5. The van der Waals surface area contributed by atoms with Crippen molar-refractivity contribution in [2.45, 2.75) is 19.4 Å². The third-order valence-electron chi connectivity index (χ3n) is 3.67. The van der Waals surface area contributed by atoms with Gasteiger partial charge in [-0.1, -0.05) is 23.7 Å². The number of halogens is 1. The van der Waals surface area contributed by atoms with E-state index in [9.17, 15) is 8.42 Å². The molecule has 0 bridgehead atoms. The van der Waals surface area contributed by atoms with Crippen LogP contribution < -0.4 is 5.32 Å².